The summed E-state index contributed by atoms with van der Waals surface area (Å²) in [6, 6.07) is 2.73. The number of nitro groups is 1. The lowest BCUT2D eigenvalue weighted by molar-refractivity contribution is -0.486. The number of furan rings is 1. The first-order valence-corrected chi connectivity index (χ1v) is 4.58. The van der Waals surface area contributed by atoms with Gasteiger partial charge in [-0.15, -0.1) is 0 Å². The average molecular weight is 265 g/mol. The second-order valence-corrected chi connectivity index (χ2v) is 3.31. The molecule has 0 aromatic carbocycles. The molecule has 14 heavy (non-hydrogen) atoms. The van der Waals surface area contributed by atoms with E-state index in [0.29, 0.717) is 10.4 Å². The molecule has 1 N–H and O–H groups in total. The molecule has 1 rings (SSSR count). The second kappa shape index (κ2) is 5.08. The number of halogens is 1. The minimum atomic E-state index is -0.582. The fourth-order valence-corrected chi connectivity index (χ4v) is 1.31. The lowest BCUT2D eigenvalue weighted by Gasteiger charge is -2.09. The first-order chi connectivity index (χ1) is 6.63. The molecule has 6 nitrogen and oxygen atoms in total. The third kappa shape index (κ3) is 3.09. The van der Waals surface area contributed by atoms with E-state index in [1.165, 1.54) is 7.11 Å². The molecule has 0 radical (unpaired) electrons. The fraction of sp³-hybridized carbons (Fsp3) is 0.429. The van der Waals surface area contributed by atoms with E-state index in [1.807, 2.05) is 0 Å². The van der Waals surface area contributed by atoms with Gasteiger partial charge in [0.1, 0.15) is 5.76 Å². The number of nitrogens with zero attached hydrogens (tertiary/aromatic N) is 1. The Balaban J connectivity index is 2.71. The van der Waals surface area contributed by atoms with Crippen LogP contribution in [0.25, 0.3) is 0 Å². The van der Waals surface area contributed by atoms with E-state index in [1.54, 1.807) is 12.1 Å². The lowest BCUT2D eigenvalue weighted by Crippen LogP contribution is -2.26. The van der Waals surface area contributed by atoms with Crippen LogP contribution in [0.4, 0.5) is 0 Å². The fourth-order valence-electron chi connectivity index (χ4n) is 0.992. The molecule has 0 saturated heterocycles. The van der Waals surface area contributed by atoms with Crippen LogP contribution in [0.3, 0.4) is 0 Å². The molecular formula is C7H9BrN2O4. The maximum atomic E-state index is 10.3. The molecule has 0 aliphatic heterocycles. The zero-order valence-corrected chi connectivity index (χ0v) is 8.98. The van der Waals surface area contributed by atoms with E-state index < -0.39 is 11.0 Å². The van der Waals surface area contributed by atoms with Crippen LogP contribution in [-0.2, 0) is 4.84 Å². The second-order valence-electron chi connectivity index (χ2n) is 2.53. The van der Waals surface area contributed by atoms with Crippen molar-refractivity contribution in [2.45, 2.75) is 6.04 Å². The van der Waals surface area contributed by atoms with Crippen molar-refractivity contribution in [3.05, 3.63) is 32.7 Å². The highest BCUT2D eigenvalue weighted by molar-refractivity contribution is 9.10. The molecule has 0 bridgehead atoms. The Kier molecular flexibility index (Phi) is 4.05. The van der Waals surface area contributed by atoms with E-state index in [2.05, 4.69) is 26.2 Å². The Hall–Kier alpha value is -0.920. The summed E-state index contributed by atoms with van der Waals surface area (Å²) in [6.45, 7) is -0.298. The number of hydrogen-bond donors (Lipinski definition) is 1. The molecule has 0 amide bonds. The van der Waals surface area contributed by atoms with Crippen molar-refractivity contribution in [3.63, 3.8) is 0 Å². The summed E-state index contributed by atoms with van der Waals surface area (Å²) in [6.07, 6.45) is 0. The van der Waals surface area contributed by atoms with Gasteiger partial charge in [0, 0.05) is 4.92 Å². The summed E-state index contributed by atoms with van der Waals surface area (Å²) in [5, 5.41) is 10.3. The minimum absolute atomic E-state index is 0.298. The Bertz CT molecular complexity index is 314. The van der Waals surface area contributed by atoms with Gasteiger partial charge in [-0.1, -0.05) is 0 Å². The van der Waals surface area contributed by atoms with Crippen LogP contribution in [0, 0.1) is 10.1 Å². The van der Waals surface area contributed by atoms with E-state index >= 15 is 0 Å². The Morgan fingerprint density at radius 2 is 2.50 bits per heavy atom. The SMILES string of the molecule is CONC(C[N+](=O)[O-])c1ccc(Br)o1. The zero-order chi connectivity index (χ0) is 10.6. The molecule has 0 spiro atoms. The number of hydrogen-bond acceptors (Lipinski definition) is 5. The van der Waals surface area contributed by atoms with Crippen molar-refractivity contribution in [1.29, 1.82) is 0 Å². The molecule has 0 aliphatic rings. The van der Waals surface area contributed by atoms with Crippen molar-refractivity contribution < 1.29 is 14.2 Å². The van der Waals surface area contributed by atoms with Crippen LogP contribution in [-0.4, -0.2) is 18.6 Å². The van der Waals surface area contributed by atoms with Crippen molar-refractivity contribution in [3.8, 4) is 0 Å². The van der Waals surface area contributed by atoms with E-state index in [4.69, 9.17) is 4.42 Å². The molecule has 1 aromatic rings. The molecule has 1 aromatic heterocycles. The molecular weight excluding hydrogens is 256 g/mol. The van der Waals surface area contributed by atoms with Crippen molar-refractivity contribution in [2.75, 3.05) is 13.7 Å². The summed E-state index contributed by atoms with van der Waals surface area (Å²) in [4.78, 5) is 14.5. The molecule has 1 heterocycles. The van der Waals surface area contributed by atoms with Gasteiger partial charge in [-0.2, -0.15) is 5.48 Å². The Labute approximate surface area is 88.5 Å². The Morgan fingerprint density at radius 3 is 2.93 bits per heavy atom. The van der Waals surface area contributed by atoms with Crippen molar-refractivity contribution in [2.24, 2.45) is 0 Å². The van der Waals surface area contributed by atoms with Gasteiger partial charge in [-0.05, 0) is 28.1 Å². The van der Waals surface area contributed by atoms with Gasteiger partial charge in [-0.25, -0.2) is 0 Å². The topological polar surface area (TPSA) is 77.5 Å². The average Bonchev–Trinajstić information content (AvgIpc) is 2.50. The van der Waals surface area contributed by atoms with Crippen LogP contribution in [0.5, 0.6) is 0 Å². The van der Waals surface area contributed by atoms with Crippen molar-refractivity contribution >= 4 is 15.9 Å². The largest absolute Gasteiger partial charge is 0.452 e. The quantitative estimate of drug-likeness (QED) is 0.645. The van der Waals surface area contributed by atoms with Crippen molar-refractivity contribution in [1.82, 2.24) is 5.48 Å². The predicted octanol–water partition coefficient (Wildman–Crippen LogP) is 1.51. The van der Waals surface area contributed by atoms with Gasteiger partial charge in [0.05, 0.1) is 7.11 Å². The number of hydroxylamine groups is 1. The molecule has 0 saturated carbocycles. The summed E-state index contributed by atoms with van der Waals surface area (Å²) in [5.41, 5.74) is 2.49. The normalized spacial score (nSPS) is 12.7. The smallest absolute Gasteiger partial charge is 0.228 e. The highest BCUT2D eigenvalue weighted by Crippen LogP contribution is 2.20. The summed E-state index contributed by atoms with van der Waals surface area (Å²) in [5.74, 6) is 0.454. The minimum Gasteiger partial charge on any atom is -0.452 e. The molecule has 78 valence electrons. The highest BCUT2D eigenvalue weighted by atomic mass is 79.9. The van der Waals surface area contributed by atoms with Gasteiger partial charge in [0.2, 0.25) is 6.54 Å². The monoisotopic (exact) mass is 264 g/mol. The third-order valence-electron chi connectivity index (χ3n) is 1.53. The van der Waals surface area contributed by atoms with Gasteiger partial charge in [0.15, 0.2) is 10.7 Å². The van der Waals surface area contributed by atoms with Crippen LogP contribution >= 0.6 is 15.9 Å². The number of rotatable bonds is 5. The Morgan fingerprint density at radius 1 is 1.79 bits per heavy atom. The van der Waals surface area contributed by atoms with Gasteiger partial charge >= 0.3 is 0 Å². The standard InChI is InChI=1S/C7H9BrN2O4/c1-13-9-5(4-10(11)12)6-2-3-7(8)14-6/h2-3,5,9H,4H2,1H3. The first-order valence-electron chi connectivity index (χ1n) is 3.79. The van der Waals surface area contributed by atoms with Gasteiger partial charge in [-0.3, -0.25) is 10.1 Å². The van der Waals surface area contributed by atoms with Gasteiger partial charge < -0.3 is 9.25 Å². The predicted molar refractivity (Wildman–Crippen MR) is 51.2 cm³/mol. The molecule has 0 fully saturated rings. The zero-order valence-electron chi connectivity index (χ0n) is 7.40. The lowest BCUT2D eigenvalue weighted by atomic mass is 10.2. The van der Waals surface area contributed by atoms with E-state index in [-0.39, 0.29) is 6.54 Å². The molecule has 1 atom stereocenters. The van der Waals surface area contributed by atoms with Gasteiger partial charge in [0.25, 0.3) is 0 Å². The van der Waals surface area contributed by atoms with Crippen LogP contribution < -0.4 is 5.48 Å². The maximum Gasteiger partial charge on any atom is 0.228 e. The summed E-state index contributed by atoms with van der Waals surface area (Å²) >= 11 is 3.11. The third-order valence-corrected chi connectivity index (χ3v) is 1.96. The summed E-state index contributed by atoms with van der Waals surface area (Å²) in [7, 11) is 1.39. The molecule has 1 unspecified atom stereocenters. The maximum absolute atomic E-state index is 10.3. The first kappa shape index (κ1) is 11.2. The molecule has 7 heteroatoms. The highest BCUT2D eigenvalue weighted by Gasteiger charge is 2.20. The van der Waals surface area contributed by atoms with Crippen LogP contribution in [0.2, 0.25) is 0 Å². The van der Waals surface area contributed by atoms with E-state index in [0.717, 1.165) is 0 Å². The number of nitrogens with one attached hydrogen (secondary N) is 1. The van der Waals surface area contributed by atoms with E-state index in [9.17, 15) is 10.1 Å². The molecule has 0 aliphatic carbocycles. The summed E-state index contributed by atoms with van der Waals surface area (Å²) < 4.78 is 5.70. The van der Waals surface area contributed by atoms with Crippen LogP contribution in [0.1, 0.15) is 11.8 Å². The van der Waals surface area contributed by atoms with Crippen LogP contribution in [0.15, 0.2) is 21.2 Å².